The number of benzene rings is 14. The highest BCUT2D eigenvalue weighted by atomic mass is 79.9. The molecule has 3 amide bonds. The van der Waals surface area contributed by atoms with Crippen molar-refractivity contribution in [2.45, 2.75) is 20.8 Å². The van der Waals surface area contributed by atoms with Crippen molar-refractivity contribution in [3.63, 3.8) is 0 Å². The summed E-state index contributed by atoms with van der Waals surface area (Å²) in [4.78, 5) is 46.4. The molecule has 0 radical (unpaired) electrons. The molecule has 0 aliphatic heterocycles. The number of nitro benzene ring substituents is 1. The molecule has 20 heteroatoms. The summed E-state index contributed by atoms with van der Waals surface area (Å²) < 4.78 is 7.59. The van der Waals surface area contributed by atoms with E-state index in [9.17, 15) is 24.5 Å². The van der Waals surface area contributed by atoms with Crippen molar-refractivity contribution in [3.8, 4) is 11.4 Å². The number of aromatic nitrogens is 2. The molecule has 0 saturated carbocycles. The van der Waals surface area contributed by atoms with E-state index in [4.69, 9.17) is 11.6 Å². The van der Waals surface area contributed by atoms with Crippen molar-refractivity contribution in [1.29, 1.82) is 0 Å². The number of hydrogen-bond donors (Lipinski definition) is 7. The van der Waals surface area contributed by atoms with Crippen LogP contribution in [0.2, 0.25) is 5.02 Å². The highest BCUT2D eigenvalue weighted by Crippen LogP contribution is 2.35. The van der Waals surface area contributed by atoms with Gasteiger partial charge in [-0.3, -0.25) is 29.4 Å². The molecule has 15 aromatic rings. The van der Waals surface area contributed by atoms with Crippen molar-refractivity contribution in [2.75, 3.05) is 42.1 Å². The van der Waals surface area contributed by atoms with Crippen LogP contribution in [0.25, 0.3) is 22.4 Å². The number of hydrogen-bond acceptors (Lipinski definition) is 10. The number of imidazole rings is 1. The lowest BCUT2D eigenvalue weighted by Crippen LogP contribution is -2.28. The second-order valence-corrected chi connectivity index (χ2v) is 27.5. The SMILES string of the molecule is Brc1cccc(-n2c[n+](-c3ccccc3)c3ccccc32)c1.Brc1cccc(Nc2ccccc2Nc2ccccc2)c1.CC(=O)Nc1cccc(Nc2ccccc2Nc2ccccc2)c1.CC(=O)Nc1ccccc1N(C(C)=O)c1ccccc1.Clc1cccc(Br)c1.O=[N+]([O-])c1ccccc1Nc1ccccc1. The van der Waals surface area contributed by atoms with Gasteiger partial charge in [-0.05, 0) is 188 Å². The van der Waals surface area contributed by atoms with E-state index in [1.807, 2.05) is 237 Å². The number of nitro groups is 1. The van der Waals surface area contributed by atoms with E-state index >= 15 is 0 Å². The van der Waals surface area contributed by atoms with Crippen molar-refractivity contribution >= 4 is 173 Å². The number of carbonyl (C=O) groups excluding carboxylic acids is 3. The Morgan fingerprint density at radius 1 is 0.378 bits per heavy atom. The van der Waals surface area contributed by atoms with Gasteiger partial charge >= 0.3 is 0 Å². The van der Waals surface area contributed by atoms with Gasteiger partial charge in [-0.2, -0.15) is 9.13 Å². The second-order valence-electron chi connectivity index (χ2n) is 24.3. The van der Waals surface area contributed by atoms with Crippen LogP contribution in [0, 0.1) is 10.1 Å². The first-order valence-electron chi connectivity index (χ1n) is 35.0. The quantitative estimate of drug-likeness (QED) is 0.0262. The van der Waals surface area contributed by atoms with Crippen LogP contribution in [0.5, 0.6) is 0 Å². The maximum absolute atomic E-state index is 12.0. The zero-order chi connectivity index (χ0) is 78.1. The highest BCUT2D eigenvalue weighted by molar-refractivity contribution is 9.11. The van der Waals surface area contributed by atoms with Crippen LogP contribution in [0.3, 0.4) is 0 Å². The minimum Gasteiger partial charge on any atom is -0.354 e. The first-order valence-corrected chi connectivity index (χ1v) is 37.8. The minimum absolute atomic E-state index is 0.0753. The van der Waals surface area contributed by atoms with E-state index < -0.39 is 4.92 Å². The van der Waals surface area contributed by atoms with Crippen LogP contribution in [0.1, 0.15) is 20.8 Å². The molecule has 7 N–H and O–H groups in total. The molecular weight excluding hydrogens is 1600 g/mol. The fourth-order valence-corrected chi connectivity index (χ4v) is 12.7. The van der Waals surface area contributed by atoms with Gasteiger partial charge in [-0.25, -0.2) is 0 Å². The van der Waals surface area contributed by atoms with Gasteiger partial charge in [0, 0.05) is 85.1 Å². The van der Waals surface area contributed by atoms with Gasteiger partial charge < -0.3 is 37.2 Å². The Kier molecular flexibility index (Phi) is 30.5. The van der Waals surface area contributed by atoms with Crippen LogP contribution in [-0.2, 0) is 14.4 Å². The number of halogens is 4. The summed E-state index contributed by atoms with van der Waals surface area (Å²) in [6, 6.07) is 119. The minimum atomic E-state index is -0.398. The lowest BCUT2D eigenvalue weighted by molar-refractivity contribution is -0.567. The van der Waals surface area contributed by atoms with Crippen molar-refractivity contribution in [1.82, 2.24) is 4.57 Å². The summed E-state index contributed by atoms with van der Waals surface area (Å²) >= 11 is 15.9. The Labute approximate surface area is 676 Å². The summed E-state index contributed by atoms with van der Waals surface area (Å²) in [5.41, 5.74) is 16.9. The number of amides is 3. The molecule has 15 rings (SSSR count). The fourth-order valence-electron chi connectivity index (χ4n) is 11.2. The monoisotopic (exact) mass is 1680 g/mol. The Hall–Kier alpha value is -12.9. The first kappa shape index (κ1) is 80.6. The summed E-state index contributed by atoms with van der Waals surface area (Å²) in [7, 11) is 0. The zero-order valence-electron chi connectivity index (χ0n) is 60.6. The van der Waals surface area contributed by atoms with Crippen LogP contribution in [-0.4, -0.2) is 27.2 Å². The summed E-state index contributed by atoms with van der Waals surface area (Å²) in [6.07, 6.45) is 2.14. The molecule has 1 heterocycles. The summed E-state index contributed by atoms with van der Waals surface area (Å²) in [5, 5.41) is 33.8. The molecule has 0 bridgehead atoms. The van der Waals surface area contributed by atoms with Gasteiger partial charge in [0.2, 0.25) is 17.7 Å². The predicted octanol–water partition coefficient (Wildman–Crippen LogP) is 25.5. The van der Waals surface area contributed by atoms with Crippen LogP contribution in [0.15, 0.2) is 390 Å². The topological polar surface area (TPSA) is 191 Å². The lowest BCUT2D eigenvalue weighted by Gasteiger charge is -2.24. The highest BCUT2D eigenvalue weighted by Gasteiger charge is 2.20. The van der Waals surface area contributed by atoms with Gasteiger partial charge in [-0.1, -0.05) is 235 Å². The smallest absolute Gasteiger partial charge is 0.292 e. The van der Waals surface area contributed by atoms with E-state index in [-0.39, 0.29) is 23.4 Å². The molecule has 0 spiro atoms. The molecule has 14 aromatic carbocycles. The van der Waals surface area contributed by atoms with Crippen molar-refractivity contribution < 1.29 is 23.9 Å². The van der Waals surface area contributed by atoms with Crippen LogP contribution in [0.4, 0.5) is 85.3 Å². The van der Waals surface area contributed by atoms with Crippen molar-refractivity contribution in [2.24, 2.45) is 0 Å². The number of anilines is 14. The van der Waals surface area contributed by atoms with Crippen molar-refractivity contribution in [3.05, 3.63) is 405 Å². The molecule has 0 atom stereocenters. The van der Waals surface area contributed by atoms with E-state index in [0.29, 0.717) is 17.1 Å². The van der Waals surface area contributed by atoms with E-state index in [2.05, 4.69) is 198 Å². The third-order valence-corrected chi connectivity index (χ3v) is 17.7. The third kappa shape index (κ3) is 25.4. The molecule has 16 nitrogen and oxygen atoms in total. The number of fused-ring (bicyclic) bond motifs is 1. The number of rotatable bonds is 17. The number of nitrogens with one attached hydrogen (secondary N) is 7. The molecule has 1 aromatic heterocycles. The lowest BCUT2D eigenvalue weighted by atomic mass is 10.2. The van der Waals surface area contributed by atoms with Crippen LogP contribution < -0.4 is 46.7 Å². The maximum atomic E-state index is 12.0. The zero-order valence-corrected chi connectivity index (χ0v) is 66.2. The van der Waals surface area contributed by atoms with Crippen LogP contribution >= 0.6 is 59.4 Å². The molecule has 0 saturated heterocycles. The van der Waals surface area contributed by atoms with Gasteiger partial charge in [0.05, 0.1) is 39.0 Å². The van der Waals surface area contributed by atoms with Gasteiger partial charge in [0.15, 0.2) is 11.0 Å². The Bertz CT molecular complexity index is 5500. The maximum Gasteiger partial charge on any atom is 0.292 e. The number of nitrogens with zero attached hydrogens (tertiary/aromatic N) is 4. The first-order chi connectivity index (χ1) is 54.0. The molecule has 0 unspecified atom stereocenters. The standard InChI is InChI=1S/C20H19N3O.C19H14BrN2.C18H15BrN2.C16H16N2O2.C12H10N2O2.C6H4BrCl/c1-15(24)21-17-10-7-11-18(14-17)23-20-13-6-5-12-19(20)22-16-8-3-2-4-9-16;20-15-7-6-10-17(13-15)22-14-21(16-8-2-1-3-9-16)18-11-4-5-12-19(18)22;19-14-7-6-10-16(13-14)21-18-12-5-4-11-17(18)20-15-8-2-1-3-9-15;1-12(19)17-15-10-6-7-11-16(15)18(13(2)20)14-8-4-3-5-9-14;15-14(16)12-9-5-4-8-11(12)13-10-6-2-1-3-7-10;7-5-2-1-3-6(8)4-5/h2-14,22-23H,1H3,(H,21,24);1-14H;1-13,20-21H;3-11H,1-2H3,(H,17,19);1-9,13H;1-4H/q;+1;;;;. The number of carbonyl (C=O) groups is 3. The Morgan fingerprint density at radius 2 is 0.766 bits per heavy atom. The molecule has 0 aliphatic rings. The summed E-state index contributed by atoms with van der Waals surface area (Å²) in [5.74, 6) is -0.374. The van der Waals surface area contributed by atoms with Gasteiger partial charge in [-0.15, -0.1) is 0 Å². The molecule has 111 heavy (non-hydrogen) atoms. The van der Waals surface area contributed by atoms with E-state index in [0.717, 1.165) is 92.4 Å². The summed E-state index contributed by atoms with van der Waals surface area (Å²) in [6.45, 7) is 4.44. The molecule has 554 valence electrons. The molecule has 0 aliphatic carbocycles. The Morgan fingerprint density at radius 3 is 1.25 bits per heavy atom. The Balaban J connectivity index is 0.000000144. The molecular formula is C91H78Br3ClN11O5+. The largest absolute Gasteiger partial charge is 0.354 e. The van der Waals surface area contributed by atoms with Gasteiger partial charge in [0.1, 0.15) is 17.1 Å². The van der Waals surface area contributed by atoms with E-state index in [1.54, 1.807) is 35.2 Å². The average molecular weight is 1680 g/mol. The predicted molar refractivity (Wildman–Crippen MR) is 468 cm³/mol. The fraction of sp³-hybridized carbons (Fsp3) is 0.0330. The third-order valence-electron chi connectivity index (χ3n) is 16.0. The molecule has 0 fully saturated rings. The van der Waals surface area contributed by atoms with E-state index in [1.165, 1.54) is 37.9 Å². The second kappa shape index (κ2) is 42.0. The normalized spacial score (nSPS) is 10.1. The van der Waals surface area contributed by atoms with Gasteiger partial charge in [0.25, 0.3) is 12.0 Å². The number of para-hydroxylation sites is 15. The average Bonchev–Trinajstić information content (AvgIpc) is 1.61.